The van der Waals surface area contributed by atoms with Crippen LogP contribution in [0.15, 0.2) is 12.1 Å². The van der Waals surface area contributed by atoms with Crippen molar-refractivity contribution in [1.29, 1.82) is 0 Å². The maximum atomic E-state index is 11.9. The summed E-state index contributed by atoms with van der Waals surface area (Å²) in [5.41, 5.74) is 0.940. The van der Waals surface area contributed by atoms with Crippen molar-refractivity contribution in [2.75, 3.05) is 7.11 Å². The van der Waals surface area contributed by atoms with Gasteiger partial charge in [-0.3, -0.25) is 9.59 Å². The minimum atomic E-state index is -0.408. The fraction of sp³-hybridized carbons (Fsp3) is 0.556. The van der Waals surface area contributed by atoms with Gasteiger partial charge >= 0.3 is 5.97 Å². The molecule has 0 bridgehead atoms. The second kappa shape index (κ2) is 5.55. The molecule has 5 nitrogen and oxygen atoms in total. The van der Waals surface area contributed by atoms with Gasteiger partial charge < -0.3 is 14.6 Å². The Morgan fingerprint density at radius 3 is 2.87 bits per heavy atom. The number of ether oxygens (including phenoxy) is 2. The fourth-order valence-corrected chi connectivity index (χ4v) is 3.97. The molecular weight excluding hydrogens is 296 g/mol. The molecule has 1 fully saturated rings. The third-order valence-electron chi connectivity index (χ3n) is 5.06. The van der Waals surface area contributed by atoms with Crippen LogP contribution in [0, 0.1) is 5.92 Å². The zero-order valence-electron chi connectivity index (χ0n) is 13.7. The third-order valence-corrected chi connectivity index (χ3v) is 5.06. The first-order valence-electron chi connectivity index (χ1n) is 7.95. The Kier molecular flexibility index (Phi) is 3.82. The van der Waals surface area contributed by atoms with Crippen LogP contribution in [0.25, 0.3) is 0 Å². The lowest BCUT2D eigenvalue weighted by Gasteiger charge is -2.47. The number of rotatable bonds is 2. The number of ketones is 1. The summed E-state index contributed by atoms with van der Waals surface area (Å²) >= 11 is 0. The molecule has 1 aromatic rings. The van der Waals surface area contributed by atoms with Crippen LogP contribution in [0.2, 0.25) is 0 Å². The van der Waals surface area contributed by atoms with Crippen LogP contribution in [0.3, 0.4) is 0 Å². The quantitative estimate of drug-likeness (QED) is 0.849. The number of esters is 1. The highest BCUT2D eigenvalue weighted by Gasteiger charge is 2.47. The van der Waals surface area contributed by atoms with Crippen molar-refractivity contribution in [1.82, 2.24) is 0 Å². The molecule has 1 heterocycles. The summed E-state index contributed by atoms with van der Waals surface area (Å²) in [6.45, 7) is 4.04. The van der Waals surface area contributed by atoms with E-state index in [0.717, 1.165) is 6.42 Å². The maximum Gasteiger partial charge on any atom is 0.309 e. The highest BCUT2D eigenvalue weighted by Crippen LogP contribution is 2.53. The second-order valence-electron chi connectivity index (χ2n) is 6.98. The zero-order valence-corrected chi connectivity index (χ0v) is 13.7. The van der Waals surface area contributed by atoms with Crippen LogP contribution in [-0.2, 0) is 20.7 Å². The average molecular weight is 318 g/mol. The molecule has 1 aliphatic carbocycles. The number of benzene rings is 1. The van der Waals surface area contributed by atoms with Crippen LogP contribution in [0.4, 0.5) is 0 Å². The first-order valence-corrected chi connectivity index (χ1v) is 7.95. The van der Waals surface area contributed by atoms with E-state index < -0.39 is 5.60 Å². The highest BCUT2D eigenvalue weighted by atomic mass is 16.5. The predicted octanol–water partition coefficient (Wildman–Crippen LogP) is 2.73. The molecule has 1 aliphatic heterocycles. The van der Waals surface area contributed by atoms with Gasteiger partial charge in [-0.15, -0.1) is 0 Å². The van der Waals surface area contributed by atoms with Gasteiger partial charge in [-0.2, -0.15) is 0 Å². The lowest BCUT2D eigenvalue weighted by Crippen LogP contribution is -2.47. The monoisotopic (exact) mass is 318 g/mol. The van der Waals surface area contributed by atoms with E-state index in [1.807, 2.05) is 13.8 Å². The molecule has 124 valence electrons. The normalized spacial score (nSPS) is 25.1. The summed E-state index contributed by atoms with van der Waals surface area (Å²) in [5, 5.41) is 10.5. The minimum Gasteiger partial charge on any atom is -0.508 e. The lowest BCUT2D eigenvalue weighted by atomic mass is 9.66. The van der Waals surface area contributed by atoms with Gasteiger partial charge in [-0.25, -0.2) is 0 Å². The Morgan fingerprint density at radius 2 is 2.17 bits per heavy atom. The molecule has 23 heavy (non-hydrogen) atoms. The van der Waals surface area contributed by atoms with E-state index in [0.29, 0.717) is 29.7 Å². The largest absolute Gasteiger partial charge is 0.508 e. The van der Waals surface area contributed by atoms with Crippen LogP contribution < -0.4 is 4.74 Å². The molecule has 3 rings (SSSR count). The molecule has 1 unspecified atom stereocenters. The van der Waals surface area contributed by atoms with E-state index in [1.54, 1.807) is 12.1 Å². The smallest absolute Gasteiger partial charge is 0.309 e. The summed E-state index contributed by atoms with van der Waals surface area (Å²) in [6, 6.07) is 3.36. The van der Waals surface area contributed by atoms with Gasteiger partial charge in [0.1, 0.15) is 22.9 Å². The summed E-state index contributed by atoms with van der Waals surface area (Å²) < 4.78 is 10.8. The van der Waals surface area contributed by atoms with Gasteiger partial charge in [0, 0.05) is 30.2 Å². The number of carbonyl (C=O) groups excluding carboxylic acids is 2. The Balaban J connectivity index is 2.04. The van der Waals surface area contributed by atoms with Crippen LogP contribution in [-0.4, -0.2) is 29.6 Å². The average Bonchev–Trinajstić information content (AvgIpc) is 2.45. The molecule has 1 saturated carbocycles. The van der Waals surface area contributed by atoms with Crippen molar-refractivity contribution in [3.63, 3.8) is 0 Å². The molecule has 0 saturated heterocycles. The van der Waals surface area contributed by atoms with E-state index in [1.165, 1.54) is 7.11 Å². The molecule has 0 spiro atoms. The van der Waals surface area contributed by atoms with Gasteiger partial charge in [0.15, 0.2) is 0 Å². The molecule has 1 N–H and O–H groups in total. The van der Waals surface area contributed by atoms with E-state index >= 15 is 0 Å². The number of carbonyl (C=O) groups is 2. The molecule has 5 heteroatoms. The number of hydrogen-bond acceptors (Lipinski definition) is 5. The van der Waals surface area contributed by atoms with E-state index in [2.05, 4.69) is 4.74 Å². The van der Waals surface area contributed by atoms with Crippen molar-refractivity contribution < 1.29 is 24.2 Å². The molecule has 0 radical (unpaired) electrons. The Morgan fingerprint density at radius 1 is 1.43 bits per heavy atom. The van der Waals surface area contributed by atoms with Crippen LogP contribution in [0.5, 0.6) is 11.5 Å². The fourth-order valence-electron chi connectivity index (χ4n) is 3.97. The maximum absolute atomic E-state index is 11.9. The molecule has 1 aromatic carbocycles. The number of phenolic OH excluding ortho intramolecular Hbond substituents is 1. The van der Waals surface area contributed by atoms with Gasteiger partial charge in [0.2, 0.25) is 0 Å². The van der Waals surface area contributed by atoms with E-state index in [-0.39, 0.29) is 35.8 Å². The minimum absolute atomic E-state index is 0.0258. The zero-order chi connectivity index (χ0) is 16.8. The molecule has 0 aromatic heterocycles. The lowest BCUT2D eigenvalue weighted by molar-refractivity contribution is -0.139. The predicted molar refractivity (Wildman–Crippen MR) is 83.6 cm³/mol. The molecular formula is C18H22O5. The third kappa shape index (κ3) is 2.80. The van der Waals surface area contributed by atoms with Crippen LogP contribution in [0.1, 0.15) is 50.2 Å². The second-order valence-corrected chi connectivity index (χ2v) is 6.98. The summed E-state index contributed by atoms with van der Waals surface area (Å²) in [6.07, 6.45) is 1.87. The summed E-state index contributed by atoms with van der Waals surface area (Å²) in [7, 11) is 1.33. The number of fused-ring (bicyclic) bond motifs is 3. The van der Waals surface area contributed by atoms with E-state index in [4.69, 9.17) is 4.74 Å². The van der Waals surface area contributed by atoms with Crippen molar-refractivity contribution in [3.05, 3.63) is 23.3 Å². The van der Waals surface area contributed by atoms with Crippen molar-refractivity contribution in [2.24, 2.45) is 5.92 Å². The number of Topliss-reactive ketones (excluding diaryl/α,β-unsaturated/α-hetero) is 1. The number of phenols is 1. The molecule has 2 aliphatic rings. The summed E-state index contributed by atoms with van der Waals surface area (Å²) in [4.78, 5) is 23.4. The van der Waals surface area contributed by atoms with Crippen LogP contribution >= 0.6 is 0 Å². The first-order chi connectivity index (χ1) is 10.8. The van der Waals surface area contributed by atoms with Gasteiger partial charge in [0.05, 0.1) is 13.5 Å². The van der Waals surface area contributed by atoms with Crippen molar-refractivity contribution in [3.8, 4) is 11.5 Å². The van der Waals surface area contributed by atoms with Crippen molar-refractivity contribution >= 4 is 11.8 Å². The van der Waals surface area contributed by atoms with Gasteiger partial charge in [-0.05, 0) is 38.0 Å². The van der Waals surface area contributed by atoms with Gasteiger partial charge in [0.25, 0.3) is 0 Å². The van der Waals surface area contributed by atoms with Gasteiger partial charge in [-0.1, -0.05) is 0 Å². The highest BCUT2D eigenvalue weighted by molar-refractivity contribution is 5.81. The van der Waals surface area contributed by atoms with Crippen molar-refractivity contribution in [2.45, 2.75) is 51.0 Å². The summed E-state index contributed by atoms with van der Waals surface area (Å²) in [5.74, 6) is 0.705. The molecule has 0 amide bonds. The number of hydrogen-bond donors (Lipinski definition) is 1. The van der Waals surface area contributed by atoms with E-state index in [9.17, 15) is 14.7 Å². The molecule has 2 atom stereocenters. The Hall–Kier alpha value is -2.04. The number of aromatic hydroxyl groups is 1. The SMILES string of the molecule is COC(=O)Cc1cc(O)c2c(c1)OC(C)(C)C1CCC(=O)C[C@@H]21. The first kappa shape index (κ1) is 15.8. The Labute approximate surface area is 135 Å². The topological polar surface area (TPSA) is 72.8 Å². The number of methoxy groups -OCH3 is 1. The standard InChI is InChI=1S/C18H22O5/c1-18(2)13-5-4-11(19)9-12(13)17-14(20)6-10(7-15(17)23-18)8-16(21)22-3/h6-7,12-13,20H,4-5,8-9H2,1-3H3/t12-,13?/m1/s1. The Bertz CT molecular complexity index is 662.